The highest BCUT2D eigenvalue weighted by Gasteiger charge is 2.34. The molecule has 0 aliphatic heterocycles. The van der Waals surface area contributed by atoms with Gasteiger partial charge in [-0.05, 0) is 67.3 Å². The fourth-order valence-corrected chi connectivity index (χ4v) is 6.13. The number of amides is 2. The van der Waals surface area contributed by atoms with E-state index in [1.807, 2.05) is 13.8 Å². The summed E-state index contributed by atoms with van der Waals surface area (Å²) in [6, 6.07) is 19.0. The van der Waals surface area contributed by atoms with Crippen LogP contribution in [-0.2, 0) is 26.2 Å². The first-order chi connectivity index (χ1) is 19.1. The van der Waals surface area contributed by atoms with Crippen molar-refractivity contribution in [3.8, 4) is 0 Å². The molecule has 0 saturated carbocycles. The van der Waals surface area contributed by atoms with E-state index in [4.69, 9.17) is 23.2 Å². The van der Waals surface area contributed by atoms with Crippen LogP contribution in [0.1, 0.15) is 44.2 Å². The number of nitrogens with one attached hydrogen (secondary N) is 1. The lowest BCUT2D eigenvalue weighted by Crippen LogP contribution is -2.52. The first-order valence-electron chi connectivity index (χ1n) is 13.2. The summed E-state index contributed by atoms with van der Waals surface area (Å²) in [5, 5.41) is 3.76. The van der Waals surface area contributed by atoms with Crippen LogP contribution in [0.4, 0.5) is 5.69 Å². The lowest BCUT2D eigenvalue weighted by Gasteiger charge is -2.33. The molecule has 1 unspecified atom stereocenters. The molecule has 0 aliphatic carbocycles. The minimum absolute atomic E-state index is 0.00467. The van der Waals surface area contributed by atoms with Crippen molar-refractivity contribution in [3.63, 3.8) is 0 Å². The van der Waals surface area contributed by atoms with Crippen LogP contribution >= 0.6 is 23.2 Å². The van der Waals surface area contributed by atoms with Crippen LogP contribution in [0.25, 0.3) is 0 Å². The first kappa shape index (κ1) is 31.5. The van der Waals surface area contributed by atoms with E-state index in [9.17, 15) is 18.0 Å². The molecule has 0 spiro atoms. The second-order valence-corrected chi connectivity index (χ2v) is 12.1. The average Bonchev–Trinajstić information content (AvgIpc) is 2.93. The summed E-state index contributed by atoms with van der Waals surface area (Å²) in [6.07, 6.45) is 2.05. The number of nitrogens with zero attached hydrogens (tertiary/aromatic N) is 2. The van der Waals surface area contributed by atoms with Gasteiger partial charge < -0.3 is 10.2 Å². The van der Waals surface area contributed by atoms with E-state index in [2.05, 4.69) is 5.32 Å². The number of hydrogen-bond donors (Lipinski definition) is 1. The molecule has 0 aliphatic rings. The Morgan fingerprint density at radius 1 is 0.925 bits per heavy atom. The Morgan fingerprint density at radius 3 is 2.20 bits per heavy atom. The summed E-state index contributed by atoms with van der Waals surface area (Å²) in [6.45, 7) is 5.64. The van der Waals surface area contributed by atoms with Gasteiger partial charge in [0, 0.05) is 23.1 Å². The lowest BCUT2D eigenvalue weighted by atomic mass is 10.1. The highest BCUT2D eigenvalue weighted by atomic mass is 35.5. The van der Waals surface area contributed by atoms with Crippen LogP contribution in [0.2, 0.25) is 10.0 Å². The van der Waals surface area contributed by atoms with Crippen LogP contribution in [0.3, 0.4) is 0 Å². The molecule has 0 bridgehead atoms. The summed E-state index contributed by atoms with van der Waals surface area (Å²) in [7, 11) is -4.17. The van der Waals surface area contributed by atoms with Gasteiger partial charge in [-0.2, -0.15) is 0 Å². The monoisotopic (exact) mass is 603 g/mol. The fourth-order valence-electron chi connectivity index (χ4n) is 4.33. The van der Waals surface area contributed by atoms with Gasteiger partial charge in [0.1, 0.15) is 12.6 Å². The maximum Gasteiger partial charge on any atom is 0.264 e. The number of benzene rings is 3. The predicted molar refractivity (Wildman–Crippen MR) is 161 cm³/mol. The summed E-state index contributed by atoms with van der Waals surface area (Å²) in [4.78, 5) is 28.8. The molecule has 0 aromatic heterocycles. The number of rotatable bonds is 13. The van der Waals surface area contributed by atoms with Gasteiger partial charge in [-0.1, -0.05) is 79.9 Å². The Balaban J connectivity index is 2.06. The van der Waals surface area contributed by atoms with E-state index < -0.39 is 28.5 Å². The van der Waals surface area contributed by atoms with Gasteiger partial charge >= 0.3 is 0 Å². The van der Waals surface area contributed by atoms with Crippen molar-refractivity contribution >= 4 is 50.7 Å². The third-order valence-corrected chi connectivity index (χ3v) is 8.97. The quantitative estimate of drug-likeness (QED) is 0.235. The number of halogens is 2. The molecular formula is C30H35Cl2N3O4S. The molecule has 0 heterocycles. The van der Waals surface area contributed by atoms with Crippen molar-refractivity contribution in [3.05, 3.63) is 94.0 Å². The largest absolute Gasteiger partial charge is 0.354 e. The normalized spacial score (nSPS) is 12.0. The lowest BCUT2D eigenvalue weighted by molar-refractivity contribution is -0.140. The predicted octanol–water partition coefficient (Wildman–Crippen LogP) is 6.22. The average molecular weight is 605 g/mol. The Labute approximate surface area is 247 Å². The van der Waals surface area contributed by atoms with E-state index in [0.717, 1.165) is 17.1 Å². The van der Waals surface area contributed by atoms with Gasteiger partial charge in [-0.25, -0.2) is 8.42 Å². The number of sulfonamides is 1. The van der Waals surface area contributed by atoms with Gasteiger partial charge in [0.2, 0.25) is 11.8 Å². The number of hydrogen-bond acceptors (Lipinski definition) is 4. The fraction of sp³-hybridized carbons (Fsp3) is 0.333. The Hall–Kier alpha value is -3.07. The van der Waals surface area contributed by atoms with E-state index >= 15 is 0 Å². The molecule has 1 atom stereocenters. The minimum Gasteiger partial charge on any atom is -0.354 e. The van der Waals surface area contributed by atoms with E-state index in [1.54, 1.807) is 55.5 Å². The van der Waals surface area contributed by atoms with Crippen molar-refractivity contribution in [1.82, 2.24) is 10.2 Å². The SMILES string of the molecule is CCCCNC(=O)C(CC)N(Cc1ccccc1Cl)C(=O)CN(c1ccccc1C)S(=O)(=O)c1ccc(Cl)cc1. The smallest absolute Gasteiger partial charge is 0.264 e. The Bertz CT molecular complexity index is 1410. The summed E-state index contributed by atoms with van der Waals surface area (Å²) < 4.78 is 28.9. The van der Waals surface area contributed by atoms with E-state index in [0.29, 0.717) is 39.8 Å². The zero-order valence-electron chi connectivity index (χ0n) is 22.9. The molecule has 40 heavy (non-hydrogen) atoms. The molecule has 0 fully saturated rings. The number of para-hydroxylation sites is 1. The van der Waals surface area contributed by atoms with Gasteiger partial charge in [0.15, 0.2) is 0 Å². The number of anilines is 1. The molecule has 3 rings (SSSR count). The molecule has 7 nitrogen and oxygen atoms in total. The van der Waals surface area contributed by atoms with Crippen molar-refractivity contribution in [2.75, 3.05) is 17.4 Å². The molecule has 1 N–H and O–H groups in total. The third kappa shape index (κ3) is 7.77. The van der Waals surface area contributed by atoms with Gasteiger partial charge in [-0.15, -0.1) is 0 Å². The van der Waals surface area contributed by atoms with E-state index in [1.165, 1.54) is 29.2 Å². The maximum absolute atomic E-state index is 14.1. The van der Waals surface area contributed by atoms with Gasteiger partial charge in [0.25, 0.3) is 10.0 Å². The van der Waals surface area contributed by atoms with Gasteiger partial charge in [-0.3, -0.25) is 13.9 Å². The molecular weight excluding hydrogens is 569 g/mol. The van der Waals surface area contributed by atoms with E-state index in [-0.39, 0.29) is 17.3 Å². The van der Waals surface area contributed by atoms with Crippen LogP contribution in [0.15, 0.2) is 77.7 Å². The Kier molecular flexibility index (Phi) is 11.4. The maximum atomic E-state index is 14.1. The second-order valence-electron chi connectivity index (χ2n) is 9.43. The summed E-state index contributed by atoms with van der Waals surface area (Å²) in [5.41, 5.74) is 1.69. The van der Waals surface area contributed by atoms with Crippen LogP contribution in [-0.4, -0.2) is 44.3 Å². The molecule has 3 aromatic rings. The van der Waals surface area contributed by atoms with Crippen LogP contribution in [0.5, 0.6) is 0 Å². The number of carbonyl (C=O) groups is 2. The number of aryl methyl sites for hydroxylation is 1. The third-order valence-electron chi connectivity index (χ3n) is 6.58. The van der Waals surface area contributed by atoms with Gasteiger partial charge in [0.05, 0.1) is 10.6 Å². The molecule has 3 aromatic carbocycles. The number of carbonyl (C=O) groups excluding carboxylic acids is 2. The molecule has 0 radical (unpaired) electrons. The Morgan fingerprint density at radius 2 is 1.57 bits per heavy atom. The highest BCUT2D eigenvalue weighted by Crippen LogP contribution is 2.28. The standard InChI is InChI=1S/C30H35Cl2N3O4S/c1-4-6-19-33-30(37)27(5-2)34(20-23-12-8-9-13-26(23)32)29(36)21-35(28-14-10-7-11-22(28)3)40(38,39)25-17-15-24(31)16-18-25/h7-18,27H,4-6,19-21H2,1-3H3,(H,33,37). The first-order valence-corrected chi connectivity index (χ1v) is 15.4. The van der Waals surface area contributed by atoms with Crippen LogP contribution < -0.4 is 9.62 Å². The minimum atomic E-state index is -4.17. The molecule has 214 valence electrons. The van der Waals surface area contributed by atoms with Crippen LogP contribution in [0, 0.1) is 6.92 Å². The zero-order valence-corrected chi connectivity index (χ0v) is 25.3. The van der Waals surface area contributed by atoms with Crippen molar-refractivity contribution < 1.29 is 18.0 Å². The topological polar surface area (TPSA) is 86.8 Å². The second kappa shape index (κ2) is 14.5. The molecule has 2 amide bonds. The van der Waals surface area contributed by atoms with Crippen molar-refractivity contribution in [2.24, 2.45) is 0 Å². The molecule has 10 heteroatoms. The zero-order chi connectivity index (χ0) is 29.3. The summed E-state index contributed by atoms with van der Waals surface area (Å²) in [5.74, 6) is -0.822. The van der Waals surface area contributed by atoms with Crippen molar-refractivity contribution in [2.45, 2.75) is 57.5 Å². The molecule has 0 saturated heterocycles. The summed E-state index contributed by atoms with van der Waals surface area (Å²) >= 11 is 12.4. The van der Waals surface area contributed by atoms with Crippen molar-refractivity contribution in [1.29, 1.82) is 0 Å². The highest BCUT2D eigenvalue weighted by molar-refractivity contribution is 7.92. The number of unbranched alkanes of at least 4 members (excludes halogenated alkanes) is 1.